The van der Waals surface area contributed by atoms with Crippen LogP contribution in [0.2, 0.25) is 0 Å². The van der Waals surface area contributed by atoms with Crippen molar-refractivity contribution >= 4 is 11.8 Å². The second-order valence-electron chi connectivity index (χ2n) is 7.00. The number of benzene rings is 1. The van der Waals surface area contributed by atoms with Crippen molar-refractivity contribution in [2.24, 2.45) is 16.7 Å². The van der Waals surface area contributed by atoms with Gasteiger partial charge in [0.25, 0.3) is 0 Å². The highest BCUT2D eigenvalue weighted by Gasteiger charge is 2.62. The number of ether oxygens (including phenoxy) is 1. The molecule has 3 atom stereocenters. The molecule has 1 amide bonds. The van der Waals surface area contributed by atoms with Crippen molar-refractivity contribution in [1.29, 1.82) is 0 Å². The Labute approximate surface area is 120 Å². The van der Waals surface area contributed by atoms with E-state index in [2.05, 4.69) is 26.1 Å². The highest BCUT2D eigenvalue weighted by atomic mass is 16.6. The Morgan fingerprint density at radius 2 is 1.95 bits per heavy atom. The van der Waals surface area contributed by atoms with Crippen molar-refractivity contribution < 1.29 is 9.53 Å². The van der Waals surface area contributed by atoms with Gasteiger partial charge in [-0.1, -0.05) is 39.0 Å². The summed E-state index contributed by atoms with van der Waals surface area (Å²) in [5, 5.41) is 2.81. The molecule has 3 nitrogen and oxygen atoms in total. The molecule has 0 saturated heterocycles. The molecule has 0 unspecified atom stereocenters. The highest BCUT2D eigenvalue weighted by Crippen LogP contribution is 2.66. The number of fused-ring (bicyclic) bond motifs is 2. The van der Waals surface area contributed by atoms with Gasteiger partial charge in [-0.15, -0.1) is 0 Å². The third kappa shape index (κ3) is 1.91. The number of para-hydroxylation sites is 1. The lowest BCUT2D eigenvalue weighted by molar-refractivity contribution is 0.00148. The fraction of sp³-hybridized carbons (Fsp3) is 0.588. The number of nitrogens with one attached hydrogen (secondary N) is 1. The molecule has 1 aromatic carbocycles. The van der Waals surface area contributed by atoms with Crippen LogP contribution in [0.3, 0.4) is 0 Å². The summed E-state index contributed by atoms with van der Waals surface area (Å²) in [5.41, 5.74) is 1.17. The van der Waals surface area contributed by atoms with E-state index in [1.165, 1.54) is 6.42 Å². The van der Waals surface area contributed by atoms with Crippen LogP contribution in [0.25, 0.3) is 0 Å². The van der Waals surface area contributed by atoms with E-state index in [-0.39, 0.29) is 23.0 Å². The molecular formula is C17H23NO2. The van der Waals surface area contributed by atoms with Crippen molar-refractivity contribution in [3.05, 3.63) is 30.3 Å². The van der Waals surface area contributed by atoms with Gasteiger partial charge in [-0.25, -0.2) is 4.79 Å². The predicted molar refractivity (Wildman–Crippen MR) is 79.6 cm³/mol. The van der Waals surface area contributed by atoms with Gasteiger partial charge in [-0.3, -0.25) is 5.32 Å². The molecule has 0 heterocycles. The van der Waals surface area contributed by atoms with E-state index in [9.17, 15) is 4.79 Å². The minimum absolute atomic E-state index is 0.0416. The van der Waals surface area contributed by atoms with E-state index >= 15 is 0 Å². The number of hydrogen-bond acceptors (Lipinski definition) is 2. The number of anilines is 1. The molecule has 20 heavy (non-hydrogen) atoms. The SMILES string of the molecule is CC1(C)[C@H]2CC[C@]1(C)[C@H](OC(=O)Nc1ccccc1)C2. The third-order valence-corrected chi connectivity index (χ3v) is 5.98. The molecule has 2 fully saturated rings. The van der Waals surface area contributed by atoms with Gasteiger partial charge in [0.1, 0.15) is 6.10 Å². The molecule has 0 aliphatic heterocycles. The summed E-state index contributed by atoms with van der Waals surface area (Å²) >= 11 is 0. The number of carbonyl (C=O) groups is 1. The predicted octanol–water partition coefficient (Wildman–Crippen LogP) is 4.45. The maximum atomic E-state index is 12.1. The van der Waals surface area contributed by atoms with Crippen molar-refractivity contribution in [2.45, 2.75) is 46.1 Å². The Kier molecular flexibility index (Phi) is 3.03. The monoisotopic (exact) mass is 273 g/mol. The Hall–Kier alpha value is -1.51. The lowest BCUT2D eigenvalue weighted by Gasteiger charge is -2.38. The fourth-order valence-electron chi connectivity index (χ4n) is 4.11. The molecule has 0 spiro atoms. The summed E-state index contributed by atoms with van der Waals surface area (Å²) < 4.78 is 5.74. The van der Waals surface area contributed by atoms with Gasteiger partial charge in [0, 0.05) is 11.1 Å². The quantitative estimate of drug-likeness (QED) is 0.864. The van der Waals surface area contributed by atoms with E-state index < -0.39 is 0 Å². The Morgan fingerprint density at radius 3 is 2.50 bits per heavy atom. The number of rotatable bonds is 2. The standard InChI is InChI=1S/C17H23NO2/c1-16(2)12-9-10-17(16,3)14(11-12)20-15(19)18-13-7-5-4-6-8-13/h4-8,12,14H,9-11H2,1-3H3,(H,18,19)/t12-,14+,17+/m0/s1. The van der Waals surface area contributed by atoms with E-state index in [1.807, 2.05) is 30.3 Å². The smallest absolute Gasteiger partial charge is 0.411 e. The van der Waals surface area contributed by atoms with Crippen LogP contribution in [0.5, 0.6) is 0 Å². The van der Waals surface area contributed by atoms with Crippen molar-refractivity contribution in [2.75, 3.05) is 5.32 Å². The zero-order valence-corrected chi connectivity index (χ0v) is 12.5. The molecule has 2 aliphatic rings. The second kappa shape index (κ2) is 4.51. The summed E-state index contributed by atoms with van der Waals surface area (Å²) in [5.74, 6) is 0.682. The number of carbonyl (C=O) groups excluding carboxylic acids is 1. The molecule has 108 valence electrons. The first-order valence-electron chi connectivity index (χ1n) is 7.46. The van der Waals surface area contributed by atoms with Crippen molar-refractivity contribution in [3.8, 4) is 0 Å². The summed E-state index contributed by atoms with van der Waals surface area (Å²) in [6.07, 6.45) is 3.15. The first kappa shape index (κ1) is 13.5. The van der Waals surface area contributed by atoms with Crippen LogP contribution in [-0.4, -0.2) is 12.2 Å². The van der Waals surface area contributed by atoms with Crippen LogP contribution in [-0.2, 0) is 4.74 Å². The Balaban J connectivity index is 1.66. The topological polar surface area (TPSA) is 38.3 Å². The van der Waals surface area contributed by atoms with Crippen LogP contribution in [0.4, 0.5) is 10.5 Å². The molecule has 1 aromatic rings. The van der Waals surface area contributed by atoms with E-state index in [1.54, 1.807) is 0 Å². The zero-order valence-electron chi connectivity index (χ0n) is 12.5. The first-order chi connectivity index (χ1) is 9.43. The Morgan fingerprint density at radius 1 is 1.25 bits per heavy atom. The Bertz CT molecular complexity index is 511. The van der Waals surface area contributed by atoms with E-state index in [4.69, 9.17) is 4.74 Å². The largest absolute Gasteiger partial charge is 0.445 e. The lowest BCUT2D eigenvalue weighted by Crippen LogP contribution is -2.39. The average Bonchev–Trinajstić information content (AvgIpc) is 2.73. The van der Waals surface area contributed by atoms with E-state index in [0.29, 0.717) is 5.92 Å². The van der Waals surface area contributed by atoms with Crippen LogP contribution in [0, 0.1) is 16.7 Å². The van der Waals surface area contributed by atoms with Gasteiger partial charge >= 0.3 is 6.09 Å². The van der Waals surface area contributed by atoms with Gasteiger partial charge in [-0.05, 0) is 42.7 Å². The number of hydrogen-bond donors (Lipinski definition) is 1. The lowest BCUT2D eigenvalue weighted by atomic mass is 9.70. The van der Waals surface area contributed by atoms with Crippen LogP contribution < -0.4 is 5.32 Å². The summed E-state index contributed by atoms with van der Waals surface area (Å²) in [7, 11) is 0. The minimum atomic E-state index is -0.328. The molecule has 2 saturated carbocycles. The summed E-state index contributed by atoms with van der Waals surface area (Å²) in [6, 6.07) is 9.46. The average molecular weight is 273 g/mol. The summed E-state index contributed by atoms with van der Waals surface area (Å²) in [6.45, 7) is 6.92. The van der Waals surface area contributed by atoms with Crippen molar-refractivity contribution in [1.82, 2.24) is 0 Å². The molecule has 2 aliphatic carbocycles. The summed E-state index contributed by atoms with van der Waals surface area (Å²) in [4.78, 5) is 12.1. The fourth-order valence-corrected chi connectivity index (χ4v) is 4.11. The molecule has 3 rings (SSSR count). The highest BCUT2D eigenvalue weighted by molar-refractivity contribution is 5.84. The van der Waals surface area contributed by atoms with Gasteiger partial charge in [0.2, 0.25) is 0 Å². The molecule has 0 radical (unpaired) electrons. The number of amides is 1. The molecular weight excluding hydrogens is 250 g/mol. The maximum Gasteiger partial charge on any atom is 0.411 e. The van der Waals surface area contributed by atoms with Crippen LogP contribution in [0.1, 0.15) is 40.0 Å². The molecule has 2 bridgehead atoms. The van der Waals surface area contributed by atoms with Gasteiger partial charge in [0.05, 0.1) is 0 Å². The van der Waals surface area contributed by atoms with Gasteiger partial charge < -0.3 is 4.74 Å². The molecule has 1 N–H and O–H groups in total. The van der Waals surface area contributed by atoms with Crippen molar-refractivity contribution in [3.63, 3.8) is 0 Å². The van der Waals surface area contributed by atoms with E-state index in [0.717, 1.165) is 18.5 Å². The zero-order chi connectivity index (χ0) is 14.4. The molecule has 3 heteroatoms. The van der Waals surface area contributed by atoms with Crippen LogP contribution >= 0.6 is 0 Å². The van der Waals surface area contributed by atoms with Gasteiger partial charge in [-0.2, -0.15) is 0 Å². The minimum Gasteiger partial charge on any atom is -0.445 e. The molecule has 0 aromatic heterocycles. The second-order valence-corrected chi connectivity index (χ2v) is 7.00. The normalized spacial score (nSPS) is 34.0. The van der Waals surface area contributed by atoms with Gasteiger partial charge in [0.15, 0.2) is 0 Å². The van der Waals surface area contributed by atoms with Crippen LogP contribution in [0.15, 0.2) is 30.3 Å². The first-order valence-corrected chi connectivity index (χ1v) is 7.46. The third-order valence-electron chi connectivity index (χ3n) is 5.98. The maximum absolute atomic E-state index is 12.1.